The normalized spacial score (nSPS) is 22.5. The van der Waals surface area contributed by atoms with Crippen molar-refractivity contribution < 1.29 is 0 Å². The molecule has 1 aliphatic heterocycles. The number of benzene rings is 1. The summed E-state index contributed by atoms with van der Waals surface area (Å²) in [5.74, 6) is 1.99. The maximum atomic E-state index is 4.74. The fourth-order valence-corrected chi connectivity index (χ4v) is 3.06. The summed E-state index contributed by atoms with van der Waals surface area (Å²) in [6.07, 6.45) is 3.92. The zero-order valence-corrected chi connectivity index (χ0v) is 11.0. The van der Waals surface area contributed by atoms with Gasteiger partial charge in [0.05, 0.1) is 5.52 Å². The Morgan fingerprint density at radius 1 is 1.24 bits per heavy atom. The van der Waals surface area contributed by atoms with Crippen LogP contribution in [0.4, 0.5) is 5.82 Å². The fraction of sp³-hybridized carbons (Fsp3) is 0.357. The van der Waals surface area contributed by atoms with Crippen LogP contribution in [0.15, 0.2) is 28.7 Å². The van der Waals surface area contributed by atoms with E-state index in [1.165, 1.54) is 23.8 Å². The quantitative estimate of drug-likeness (QED) is 0.865. The van der Waals surface area contributed by atoms with Crippen molar-refractivity contribution in [1.29, 1.82) is 0 Å². The number of aromatic nitrogens is 1. The number of rotatable bonds is 1. The van der Waals surface area contributed by atoms with Crippen molar-refractivity contribution in [1.82, 2.24) is 4.98 Å². The smallest absolute Gasteiger partial charge is 0.130 e. The molecule has 1 aromatic carbocycles. The summed E-state index contributed by atoms with van der Waals surface area (Å²) in [6.45, 7) is 0. The second kappa shape index (κ2) is 3.45. The number of hydrogen-bond donors (Lipinski definition) is 1. The van der Waals surface area contributed by atoms with E-state index in [1.54, 1.807) is 0 Å². The molecule has 2 aliphatic rings. The molecule has 3 heteroatoms. The molecule has 86 valence electrons. The highest BCUT2D eigenvalue weighted by atomic mass is 79.9. The maximum Gasteiger partial charge on any atom is 0.130 e. The Balaban J connectivity index is 1.81. The van der Waals surface area contributed by atoms with Gasteiger partial charge in [-0.3, -0.25) is 0 Å². The van der Waals surface area contributed by atoms with Crippen LogP contribution in [-0.4, -0.2) is 11.0 Å². The second-order valence-electron chi connectivity index (χ2n) is 5.13. The minimum absolute atomic E-state index is 0.637. The van der Waals surface area contributed by atoms with Gasteiger partial charge in [0.25, 0.3) is 0 Å². The highest BCUT2D eigenvalue weighted by molar-refractivity contribution is 9.10. The first-order valence-corrected chi connectivity index (χ1v) is 6.94. The summed E-state index contributed by atoms with van der Waals surface area (Å²) in [5.41, 5.74) is 2.46. The van der Waals surface area contributed by atoms with Crippen LogP contribution in [-0.2, 0) is 6.42 Å². The first-order valence-electron chi connectivity index (χ1n) is 6.15. The van der Waals surface area contributed by atoms with Crippen LogP contribution in [0.5, 0.6) is 0 Å². The molecule has 2 aromatic rings. The lowest BCUT2D eigenvalue weighted by Crippen LogP contribution is -2.17. The van der Waals surface area contributed by atoms with Crippen molar-refractivity contribution in [2.45, 2.75) is 25.3 Å². The predicted molar refractivity (Wildman–Crippen MR) is 73.3 cm³/mol. The molecule has 2 nitrogen and oxygen atoms in total. The second-order valence-corrected chi connectivity index (χ2v) is 6.04. The Morgan fingerprint density at radius 3 is 2.94 bits per heavy atom. The van der Waals surface area contributed by atoms with Gasteiger partial charge in [-0.25, -0.2) is 4.98 Å². The monoisotopic (exact) mass is 288 g/mol. The van der Waals surface area contributed by atoms with Crippen LogP contribution in [0.3, 0.4) is 0 Å². The highest BCUT2D eigenvalue weighted by Gasteiger charge is 2.35. The van der Waals surface area contributed by atoms with Crippen molar-refractivity contribution in [3.63, 3.8) is 0 Å². The standard InChI is InChI=1S/C14H13BrN2/c15-11-4-3-9-5-10-6-12(8-1-2-8)16-14(10)17-13(9)7-11/h3-5,7-8,12H,1-2,6H2,(H,16,17)/t12-/m1/s1. The van der Waals surface area contributed by atoms with E-state index < -0.39 is 0 Å². The van der Waals surface area contributed by atoms with Crippen LogP contribution in [0.25, 0.3) is 10.9 Å². The predicted octanol–water partition coefficient (Wildman–Crippen LogP) is 3.74. The molecule has 1 atom stereocenters. The van der Waals surface area contributed by atoms with Gasteiger partial charge in [0.2, 0.25) is 0 Å². The number of nitrogens with zero attached hydrogens (tertiary/aromatic N) is 1. The Bertz CT molecular complexity index is 604. The molecule has 0 saturated heterocycles. The van der Waals surface area contributed by atoms with E-state index in [4.69, 9.17) is 4.98 Å². The first-order chi connectivity index (χ1) is 8.29. The number of pyridine rings is 1. The van der Waals surface area contributed by atoms with Gasteiger partial charge in [-0.1, -0.05) is 22.0 Å². The van der Waals surface area contributed by atoms with Crippen molar-refractivity contribution in [3.05, 3.63) is 34.3 Å². The molecule has 1 fully saturated rings. The molecule has 1 N–H and O–H groups in total. The first kappa shape index (κ1) is 9.89. The zero-order valence-electron chi connectivity index (χ0n) is 9.41. The molecule has 0 amide bonds. The molecule has 1 saturated carbocycles. The number of anilines is 1. The molecule has 0 radical (unpaired) electrons. The third-order valence-corrected chi connectivity index (χ3v) is 4.30. The largest absolute Gasteiger partial charge is 0.366 e. The summed E-state index contributed by atoms with van der Waals surface area (Å²) < 4.78 is 1.09. The van der Waals surface area contributed by atoms with Gasteiger partial charge in [-0.2, -0.15) is 0 Å². The molecule has 1 aromatic heterocycles. The molecule has 0 bridgehead atoms. The van der Waals surface area contributed by atoms with Gasteiger partial charge < -0.3 is 5.32 Å². The van der Waals surface area contributed by atoms with Crippen LogP contribution >= 0.6 is 15.9 Å². The third kappa shape index (κ3) is 1.64. The maximum absolute atomic E-state index is 4.74. The van der Waals surface area contributed by atoms with Crippen LogP contribution in [0, 0.1) is 5.92 Å². The Kier molecular flexibility index (Phi) is 2.01. The van der Waals surface area contributed by atoms with Crippen LogP contribution in [0.2, 0.25) is 0 Å². The third-order valence-electron chi connectivity index (χ3n) is 3.81. The number of fused-ring (bicyclic) bond motifs is 2. The number of nitrogens with one attached hydrogen (secondary N) is 1. The van der Waals surface area contributed by atoms with Gasteiger partial charge >= 0.3 is 0 Å². The minimum atomic E-state index is 0.637. The Labute approximate surface area is 109 Å². The summed E-state index contributed by atoms with van der Waals surface area (Å²) >= 11 is 3.50. The molecular formula is C14H13BrN2. The molecule has 17 heavy (non-hydrogen) atoms. The lowest BCUT2D eigenvalue weighted by Gasteiger charge is -2.07. The van der Waals surface area contributed by atoms with Gasteiger partial charge in [0, 0.05) is 15.9 Å². The topological polar surface area (TPSA) is 24.9 Å². The van der Waals surface area contributed by atoms with E-state index in [0.717, 1.165) is 28.1 Å². The van der Waals surface area contributed by atoms with E-state index in [-0.39, 0.29) is 0 Å². The SMILES string of the molecule is Brc1ccc2cc3c(nc2c1)N[C@@H](C1CC1)C3. The van der Waals surface area contributed by atoms with Gasteiger partial charge in [0.15, 0.2) is 0 Å². The molecular weight excluding hydrogens is 276 g/mol. The van der Waals surface area contributed by atoms with E-state index in [1.807, 2.05) is 0 Å². The van der Waals surface area contributed by atoms with E-state index >= 15 is 0 Å². The highest BCUT2D eigenvalue weighted by Crippen LogP contribution is 2.40. The lowest BCUT2D eigenvalue weighted by atomic mass is 10.1. The van der Waals surface area contributed by atoms with E-state index in [9.17, 15) is 0 Å². The fourth-order valence-electron chi connectivity index (χ4n) is 2.71. The van der Waals surface area contributed by atoms with Crippen LogP contribution < -0.4 is 5.32 Å². The van der Waals surface area contributed by atoms with E-state index in [0.29, 0.717) is 6.04 Å². The summed E-state index contributed by atoms with van der Waals surface area (Å²) in [6, 6.07) is 9.23. The van der Waals surface area contributed by atoms with Gasteiger partial charge in [-0.05, 0) is 48.9 Å². The Morgan fingerprint density at radius 2 is 2.12 bits per heavy atom. The average molecular weight is 289 g/mol. The summed E-state index contributed by atoms with van der Waals surface area (Å²) in [5, 5.41) is 4.82. The average Bonchev–Trinajstić information content (AvgIpc) is 3.07. The summed E-state index contributed by atoms with van der Waals surface area (Å²) in [7, 11) is 0. The number of halogens is 1. The lowest BCUT2D eigenvalue weighted by molar-refractivity contribution is 0.659. The molecule has 0 spiro atoms. The van der Waals surface area contributed by atoms with Crippen molar-refractivity contribution >= 4 is 32.7 Å². The van der Waals surface area contributed by atoms with Crippen molar-refractivity contribution in [2.24, 2.45) is 5.92 Å². The molecule has 1 aliphatic carbocycles. The Hall–Kier alpha value is -1.09. The molecule has 2 heterocycles. The summed E-state index contributed by atoms with van der Waals surface area (Å²) in [4.78, 5) is 4.74. The van der Waals surface area contributed by atoms with Crippen molar-refractivity contribution in [2.75, 3.05) is 5.32 Å². The minimum Gasteiger partial charge on any atom is -0.366 e. The zero-order chi connectivity index (χ0) is 11.4. The van der Waals surface area contributed by atoms with Crippen molar-refractivity contribution in [3.8, 4) is 0 Å². The molecule has 0 unspecified atom stereocenters. The van der Waals surface area contributed by atoms with E-state index in [2.05, 4.69) is 45.5 Å². The van der Waals surface area contributed by atoms with Gasteiger partial charge in [0.1, 0.15) is 5.82 Å². The van der Waals surface area contributed by atoms with Gasteiger partial charge in [-0.15, -0.1) is 0 Å². The number of hydrogen-bond acceptors (Lipinski definition) is 2. The molecule has 4 rings (SSSR count). The van der Waals surface area contributed by atoms with Crippen LogP contribution in [0.1, 0.15) is 18.4 Å².